The largest absolute Gasteiger partial charge is 0.496 e. The first kappa shape index (κ1) is 16.3. The zero-order valence-corrected chi connectivity index (χ0v) is 13.4. The first-order valence-electron chi connectivity index (χ1n) is 8.33. The molecule has 0 bridgehead atoms. The second-order valence-corrected chi connectivity index (χ2v) is 5.80. The molecule has 3 heteroatoms. The smallest absolute Gasteiger partial charge is 0.123 e. The topological polar surface area (TPSA) is 30.5 Å². The summed E-state index contributed by atoms with van der Waals surface area (Å²) in [5.74, 6) is 0.938. The summed E-state index contributed by atoms with van der Waals surface area (Å²) in [5.41, 5.74) is 1.19. The lowest BCUT2D eigenvalue weighted by atomic mass is 10.1. The van der Waals surface area contributed by atoms with E-state index < -0.39 is 0 Å². The molecule has 1 saturated carbocycles. The first-order valence-corrected chi connectivity index (χ1v) is 8.33. The van der Waals surface area contributed by atoms with Crippen molar-refractivity contribution in [1.29, 1.82) is 0 Å². The summed E-state index contributed by atoms with van der Waals surface area (Å²) >= 11 is 0. The molecule has 0 amide bonds. The molecule has 1 N–H and O–H groups in total. The zero-order valence-electron chi connectivity index (χ0n) is 13.4. The average Bonchev–Trinajstić information content (AvgIpc) is 2.80. The van der Waals surface area contributed by atoms with Crippen molar-refractivity contribution in [3.05, 3.63) is 29.8 Å². The maximum absolute atomic E-state index is 6.21. The highest BCUT2D eigenvalue weighted by Gasteiger charge is 2.18. The highest BCUT2D eigenvalue weighted by Crippen LogP contribution is 2.27. The Morgan fingerprint density at radius 3 is 2.52 bits per heavy atom. The minimum atomic E-state index is 0.203. The number of hydrogen-bond acceptors (Lipinski definition) is 3. The van der Waals surface area contributed by atoms with Crippen LogP contribution in [0.1, 0.15) is 57.1 Å². The van der Waals surface area contributed by atoms with E-state index in [0.717, 1.165) is 18.9 Å². The Kier molecular flexibility index (Phi) is 7.04. The number of ether oxygens (including phenoxy) is 2. The molecule has 118 valence electrons. The van der Waals surface area contributed by atoms with E-state index in [1.165, 1.54) is 44.1 Å². The van der Waals surface area contributed by atoms with Gasteiger partial charge < -0.3 is 14.8 Å². The molecular weight excluding hydrogens is 262 g/mol. The minimum Gasteiger partial charge on any atom is -0.496 e. The molecule has 1 unspecified atom stereocenters. The van der Waals surface area contributed by atoms with Gasteiger partial charge in [0.2, 0.25) is 0 Å². The lowest BCUT2D eigenvalue weighted by Crippen LogP contribution is -2.28. The van der Waals surface area contributed by atoms with Crippen LogP contribution in [0.2, 0.25) is 0 Å². The standard InChI is InChI=1S/C18H29NO2/c1-3-19-17(16-12-8-9-13-18(16)20-2)14-21-15-10-6-4-5-7-11-15/h8-9,12-13,15,17,19H,3-7,10-11,14H2,1-2H3. The molecule has 3 nitrogen and oxygen atoms in total. The number of methoxy groups -OCH3 is 1. The third-order valence-corrected chi connectivity index (χ3v) is 4.27. The van der Waals surface area contributed by atoms with Crippen LogP contribution < -0.4 is 10.1 Å². The van der Waals surface area contributed by atoms with Gasteiger partial charge in [-0.2, -0.15) is 0 Å². The van der Waals surface area contributed by atoms with E-state index in [2.05, 4.69) is 24.4 Å². The lowest BCUT2D eigenvalue weighted by Gasteiger charge is -2.24. The third-order valence-electron chi connectivity index (χ3n) is 4.27. The molecule has 2 rings (SSSR count). The molecular formula is C18H29NO2. The van der Waals surface area contributed by atoms with Gasteiger partial charge in [0.05, 0.1) is 25.9 Å². The summed E-state index contributed by atoms with van der Waals surface area (Å²) in [6.07, 6.45) is 8.21. The molecule has 0 aromatic heterocycles. The monoisotopic (exact) mass is 291 g/mol. The molecule has 1 aliphatic carbocycles. The third kappa shape index (κ3) is 5.01. The fourth-order valence-corrected chi connectivity index (χ4v) is 3.10. The number of rotatable bonds is 7. The van der Waals surface area contributed by atoms with E-state index in [-0.39, 0.29) is 6.04 Å². The summed E-state index contributed by atoms with van der Waals surface area (Å²) in [5, 5.41) is 3.52. The number of para-hydroxylation sites is 1. The average molecular weight is 291 g/mol. The molecule has 0 radical (unpaired) electrons. The van der Waals surface area contributed by atoms with E-state index in [1.54, 1.807) is 7.11 Å². The Balaban J connectivity index is 1.97. The predicted molar refractivity (Wildman–Crippen MR) is 86.9 cm³/mol. The van der Waals surface area contributed by atoms with E-state index in [1.807, 2.05) is 12.1 Å². The van der Waals surface area contributed by atoms with Crippen LogP contribution in [0.3, 0.4) is 0 Å². The number of nitrogens with one attached hydrogen (secondary N) is 1. The molecule has 0 spiro atoms. The highest BCUT2D eigenvalue weighted by molar-refractivity contribution is 5.35. The molecule has 0 heterocycles. The maximum atomic E-state index is 6.21. The van der Waals surface area contributed by atoms with Crippen molar-refractivity contribution >= 4 is 0 Å². The molecule has 1 atom stereocenters. The van der Waals surface area contributed by atoms with Crippen LogP contribution in [0.15, 0.2) is 24.3 Å². The van der Waals surface area contributed by atoms with E-state index in [4.69, 9.17) is 9.47 Å². The Morgan fingerprint density at radius 2 is 1.86 bits per heavy atom. The first-order chi connectivity index (χ1) is 10.3. The second kappa shape index (κ2) is 9.06. The summed E-state index contributed by atoms with van der Waals surface area (Å²) in [6.45, 7) is 3.78. The van der Waals surface area contributed by atoms with Crippen molar-refractivity contribution < 1.29 is 9.47 Å². The molecule has 1 aromatic rings. The summed E-state index contributed by atoms with van der Waals surface area (Å²) in [6, 6.07) is 8.42. The summed E-state index contributed by atoms with van der Waals surface area (Å²) in [7, 11) is 1.73. The number of likely N-dealkylation sites (N-methyl/N-ethyl adjacent to an activating group) is 1. The Hall–Kier alpha value is -1.06. The van der Waals surface area contributed by atoms with Gasteiger partial charge in [-0.3, -0.25) is 0 Å². The normalized spacial score (nSPS) is 18.2. The van der Waals surface area contributed by atoms with Gasteiger partial charge in [-0.15, -0.1) is 0 Å². The SMILES string of the molecule is CCNC(COC1CCCCCC1)c1ccccc1OC. The Morgan fingerprint density at radius 1 is 1.14 bits per heavy atom. The van der Waals surface area contributed by atoms with Crippen molar-refractivity contribution in [1.82, 2.24) is 5.32 Å². The molecule has 0 saturated heterocycles. The van der Waals surface area contributed by atoms with Gasteiger partial charge in [0.25, 0.3) is 0 Å². The van der Waals surface area contributed by atoms with Crippen molar-refractivity contribution in [3.63, 3.8) is 0 Å². The van der Waals surface area contributed by atoms with E-state index >= 15 is 0 Å². The van der Waals surface area contributed by atoms with Crippen LogP contribution in [0.25, 0.3) is 0 Å². The van der Waals surface area contributed by atoms with Gasteiger partial charge in [0.15, 0.2) is 0 Å². The van der Waals surface area contributed by atoms with Crippen LogP contribution in [0, 0.1) is 0 Å². The van der Waals surface area contributed by atoms with E-state index in [0.29, 0.717) is 6.10 Å². The Bertz CT molecular complexity index is 400. The maximum Gasteiger partial charge on any atom is 0.123 e. The molecule has 1 aliphatic rings. The molecule has 1 aromatic carbocycles. The van der Waals surface area contributed by atoms with Gasteiger partial charge in [0.1, 0.15) is 5.75 Å². The summed E-state index contributed by atoms with van der Waals surface area (Å²) < 4.78 is 11.7. The van der Waals surface area contributed by atoms with Gasteiger partial charge in [-0.1, -0.05) is 50.8 Å². The fraction of sp³-hybridized carbons (Fsp3) is 0.667. The van der Waals surface area contributed by atoms with E-state index in [9.17, 15) is 0 Å². The van der Waals surface area contributed by atoms with Crippen molar-refractivity contribution in [3.8, 4) is 5.75 Å². The van der Waals surface area contributed by atoms with Crippen molar-refractivity contribution in [2.45, 2.75) is 57.6 Å². The van der Waals surface area contributed by atoms with Gasteiger partial charge >= 0.3 is 0 Å². The quantitative estimate of drug-likeness (QED) is 0.768. The molecule has 1 fully saturated rings. The van der Waals surface area contributed by atoms with Crippen LogP contribution in [-0.4, -0.2) is 26.4 Å². The predicted octanol–water partition coefficient (Wildman–Crippen LogP) is 4.09. The van der Waals surface area contributed by atoms with Crippen molar-refractivity contribution in [2.24, 2.45) is 0 Å². The van der Waals surface area contributed by atoms with Gasteiger partial charge in [0, 0.05) is 5.56 Å². The van der Waals surface area contributed by atoms with Crippen molar-refractivity contribution in [2.75, 3.05) is 20.3 Å². The van der Waals surface area contributed by atoms with Gasteiger partial charge in [-0.05, 0) is 25.5 Å². The van der Waals surface area contributed by atoms with Gasteiger partial charge in [-0.25, -0.2) is 0 Å². The lowest BCUT2D eigenvalue weighted by molar-refractivity contribution is 0.0287. The van der Waals surface area contributed by atoms with Crippen LogP contribution in [0.5, 0.6) is 5.75 Å². The molecule has 21 heavy (non-hydrogen) atoms. The fourth-order valence-electron chi connectivity index (χ4n) is 3.10. The minimum absolute atomic E-state index is 0.203. The summed E-state index contributed by atoms with van der Waals surface area (Å²) in [4.78, 5) is 0. The van der Waals surface area contributed by atoms with Crippen LogP contribution in [0.4, 0.5) is 0 Å². The van der Waals surface area contributed by atoms with Crippen LogP contribution >= 0.6 is 0 Å². The highest BCUT2D eigenvalue weighted by atomic mass is 16.5. The zero-order chi connectivity index (χ0) is 14.9. The number of hydrogen-bond donors (Lipinski definition) is 1. The Labute approximate surface area is 129 Å². The number of benzene rings is 1. The van der Waals surface area contributed by atoms with Crippen LogP contribution in [-0.2, 0) is 4.74 Å². The molecule has 0 aliphatic heterocycles. The second-order valence-electron chi connectivity index (χ2n) is 5.80.